The molecule has 1 saturated heterocycles. The molecule has 0 amide bonds. The van der Waals surface area contributed by atoms with E-state index in [0.717, 1.165) is 25.6 Å². The molecule has 0 bridgehead atoms. The summed E-state index contributed by atoms with van der Waals surface area (Å²) >= 11 is 3.58. The van der Waals surface area contributed by atoms with Gasteiger partial charge in [-0.3, -0.25) is 4.90 Å². The van der Waals surface area contributed by atoms with E-state index in [4.69, 9.17) is 0 Å². The van der Waals surface area contributed by atoms with Crippen LogP contribution in [0, 0.1) is 5.92 Å². The Balaban J connectivity index is 2.10. The summed E-state index contributed by atoms with van der Waals surface area (Å²) in [5.41, 5.74) is 1.41. The molecule has 1 aromatic rings. The lowest BCUT2D eigenvalue weighted by Crippen LogP contribution is -2.57. The first-order chi connectivity index (χ1) is 9.63. The van der Waals surface area contributed by atoms with Gasteiger partial charge in [0.1, 0.15) is 0 Å². The average molecular weight is 339 g/mol. The molecule has 0 aliphatic carbocycles. The molecule has 2 nitrogen and oxygen atoms in total. The highest BCUT2D eigenvalue weighted by atomic mass is 79.9. The van der Waals surface area contributed by atoms with E-state index < -0.39 is 0 Å². The Kier molecular flexibility index (Phi) is 6.06. The van der Waals surface area contributed by atoms with E-state index in [1.807, 2.05) is 0 Å². The Morgan fingerprint density at radius 2 is 2.20 bits per heavy atom. The quantitative estimate of drug-likeness (QED) is 0.871. The normalized spacial score (nSPS) is 25.6. The number of piperazine rings is 1. The summed E-state index contributed by atoms with van der Waals surface area (Å²) in [7, 11) is 0. The van der Waals surface area contributed by atoms with E-state index >= 15 is 0 Å². The van der Waals surface area contributed by atoms with Gasteiger partial charge < -0.3 is 5.32 Å². The van der Waals surface area contributed by atoms with Gasteiger partial charge in [0.25, 0.3) is 0 Å². The highest BCUT2D eigenvalue weighted by Gasteiger charge is 2.29. The van der Waals surface area contributed by atoms with Crippen molar-refractivity contribution in [1.82, 2.24) is 10.2 Å². The molecule has 1 fully saturated rings. The van der Waals surface area contributed by atoms with Crippen molar-refractivity contribution in [3.05, 3.63) is 34.3 Å². The molecule has 1 N–H and O–H groups in total. The number of rotatable bonds is 5. The Hall–Kier alpha value is -0.380. The standard InChI is InChI=1S/C17H27BrN2/c1-4-13(3)17-10-19-16(5-2)12-20(17)11-14-7-6-8-15(18)9-14/h6-9,13,16-17,19H,4-5,10-12H2,1-3H3. The number of nitrogens with zero attached hydrogens (tertiary/aromatic N) is 1. The smallest absolute Gasteiger partial charge is 0.0250 e. The highest BCUT2D eigenvalue weighted by molar-refractivity contribution is 9.10. The van der Waals surface area contributed by atoms with Crippen LogP contribution in [-0.4, -0.2) is 30.1 Å². The maximum atomic E-state index is 3.71. The Morgan fingerprint density at radius 1 is 1.40 bits per heavy atom. The third-order valence-electron chi connectivity index (χ3n) is 4.61. The van der Waals surface area contributed by atoms with Gasteiger partial charge in [0, 0.05) is 36.2 Å². The van der Waals surface area contributed by atoms with Gasteiger partial charge in [0.2, 0.25) is 0 Å². The number of halogens is 1. The molecule has 3 atom stereocenters. The summed E-state index contributed by atoms with van der Waals surface area (Å²) in [6.45, 7) is 10.3. The lowest BCUT2D eigenvalue weighted by Gasteiger charge is -2.43. The number of hydrogen-bond acceptors (Lipinski definition) is 2. The van der Waals surface area contributed by atoms with Crippen LogP contribution in [0.4, 0.5) is 0 Å². The lowest BCUT2D eigenvalue weighted by atomic mass is 9.93. The molecular weight excluding hydrogens is 312 g/mol. The highest BCUT2D eigenvalue weighted by Crippen LogP contribution is 2.22. The zero-order chi connectivity index (χ0) is 14.5. The molecule has 20 heavy (non-hydrogen) atoms. The minimum absolute atomic E-state index is 0.641. The molecule has 3 unspecified atom stereocenters. The van der Waals surface area contributed by atoms with Crippen LogP contribution in [-0.2, 0) is 6.54 Å². The number of hydrogen-bond donors (Lipinski definition) is 1. The van der Waals surface area contributed by atoms with E-state index in [1.165, 1.54) is 22.9 Å². The van der Waals surface area contributed by atoms with Crippen molar-refractivity contribution < 1.29 is 0 Å². The fourth-order valence-electron chi connectivity index (χ4n) is 3.06. The molecule has 112 valence electrons. The van der Waals surface area contributed by atoms with E-state index in [1.54, 1.807) is 0 Å². The second-order valence-corrected chi connectivity index (χ2v) is 6.94. The minimum atomic E-state index is 0.641. The molecule has 0 aromatic heterocycles. The lowest BCUT2D eigenvalue weighted by molar-refractivity contribution is 0.0832. The SMILES string of the molecule is CCC1CN(Cc2cccc(Br)c2)C(C(C)CC)CN1. The molecule has 1 aliphatic rings. The molecule has 1 aromatic carbocycles. The third kappa shape index (κ3) is 4.06. The Morgan fingerprint density at radius 3 is 2.85 bits per heavy atom. The van der Waals surface area contributed by atoms with Crippen LogP contribution in [0.2, 0.25) is 0 Å². The summed E-state index contributed by atoms with van der Waals surface area (Å²) in [5, 5.41) is 3.71. The van der Waals surface area contributed by atoms with Crippen LogP contribution in [0.25, 0.3) is 0 Å². The largest absolute Gasteiger partial charge is 0.311 e. The van der Waals surface area contributed by atoms with Gasteiger partial charge in [0.15, 0.2) is 0 Å². The maximum Gasteiger partial charge on any atom is 0.0250 e. The zero-order valence-corrected chi connectivity index (χ0v) is 14.5. The average Bonchev–Trinajstić information content (AvgIpc) is 2.46. The minimum Gasteiger partial charge on any atom is -0.311 e. The summed E-state index contributed by atoms with van der Waals surface area (Å²) in [6, 6.07) is 10.0. The van der Waals surface area contributed by atoms with Gasteiger partial charge in [-0.1, -0.05) is 55.3 Å². The van der Waals surface area contributed by atoms with Crippen LogP contribution >= 0.6 is 15.9 Å². The predicted octanol–water partition coefficient (Wildman–Crippen LogP) is 4.05. The number of nitrogens with one attached hydrogen (secondary N) is 1. The maximum absolute atomic E-state index is 3.71. The second-order valence-electron chi connectivity index (χ2n) is 6.03. The van der Waals surface area contributed by atoms with Crippen molar-refractivity contribution in [2.75, 3.05) is 13.1 Å². The van der Waals surface area contributed by atoms with Crippen LogP contribution in [0.5, 0.6) is 0 Å². The van der Waals surface area contributed by atoms with Crippen LogP contribution < -0.4 is 5.32 Å². The first kappa shape index (κ1) is 16.0. The summed E-state index contributed by atoms with van der Waals surface area (Å²) in [5.74, 6) is 0.743. The van der Waals surface area contributed by atoms with Crippen molar-refractivity contribution in [2.45, 2.75) is 52.2 Å². The Bertz CT molecular complexity index is 421. The molecule has 0 spiro atoms. The van der Waals surface area contributed by atoms with E-state index in [9.17, 15) is 0 Å². The van der Waals surface area contributed by atoms with Crippen LogP contribution in [0.3, 0.4) is 0 Å². The van der Waals surface area contributed by atoms with Crippen LogP contribution in [0.1, 0.15) is 39.2 Å². The Labute approximate surface area is 132 Å². The van der Waals surface area contributed by atoms with E-state index in [-0.39, 0.29) is 0 Å². The van der Waals surface area contributed by atoms with Crippen molar-refractivity contribution in [3.63, 3.8) is 0 Å². The van der Waals surface area contributed by atoms with Crippen molar-refractivity contribution in [3.8, 4) is 0 Å². The molecule has 1 heterocycles. The van der Waals surface area contributed by atoms with E-state index in [0.29, 0.717) is 12.1 Å². The topological polar surface area (TPSA) is 15.3 Å². The fourth-order valence-corrected chi connectivity index (χ4v) is 3.50. The summed E-state index contributed by atoms with van der Waals surface area (Å²) < 4.78 is 1.18. The summed E-state index contributed by atoms with van der Waals surface area (Å²) in [4.78, 5) is 2.68. The van der Waals surface area contributed by atoms with Crippen molar-refractivity contribution in [2.24, 2.45) is 5.92 Å². The van der Waals surface area contributed by atoms with Gasteiger partial charge >= 0.3 is 0 Å². The molecule has 0 radical (unpaired) electrons. The third-order valence-corrected chi connectivity index (χ3v) is 5.10. The van der Waals surface area contributed by atoms with E-state index in [2.05, 4.69) is 71.2 Å². The molecule has 3 heteroatoms. The molecule has 1 aliphatic heterocycles. The van der Waals surface area contributed by atoms with Gasteiger partial charge in [-0.15, -0.1) is 0 Å². The fraction of sp³-hybridized carbons (Fsp3) is 0.647. The first-order valence-electron chi connectivity index (χ1n) is 7.85. The monoisotopic (exact) mass is 338 g/mol. The molecule has 0 saturated carbocycles. The van der Waals surface area contributed by atoms with Crippen molar-refractivity contribution >= 4 is 15.9 Å². The number of benzene rings is 1. The van der Waals surface area contributed by atoms with Crippen LogP contribution in [0.15, 0.2) is 28.7 Å². The van der Waals surface area contributed by atoms with Crippen molar-refractivity contribution in [1.29, 1.82) is 0 Å². The molecular formula is C17H27BrN2. The second kappa shape index (κ2) is 7.58. The summed E-state index contributed by atoms with van der Waals surface area (Å²) in [6.07, 6.45) is 2.46. The van der Waals surface area contributed by atoms with Gasteiger partial charge in [-0.25, -0.2) is 0 Å². The zero-order valence-electron chi connectivity index (χ0n) is 12.9. The predicted molar refractivity (Wildman–Crippen MR) is 89.9 cm³/mol. The van der Waals surface area contributed by atoms with Gasteiger partial charge in [-0.2, -0.15) is 0 Å². The van der Waals surface area contributed by atoms with Gasteiger partial charge in [-0.05, 0) is 30.0 Å². The van der Waals surface area contributed by atoms with Gasteiger partial charge in [0.05, 0.1) is 0 Å². The first-order valence-corrected chi connectivity index (χ1v) is 8.65. The molecule has 2 rings (SSSR count).